The molecule has 1 aliphatic carbocycles. The second kappa shape index (κ2) is 8.78. The smallest absolute Gasteiger partial charge is 0.102 e. The fourth-order valence-corrected chi connectivity index (χ4v) is 2.90. The predicted molar refractivity (Wildman–Crippen MR) is 94.4 cm³/mol. The average Bonchev–Trinajstić information content (AvgIpc) is 2.64. The van der Waals surface area contributed by atoms with E-state index in [-0.39, 0.29) is 12.0 Å². The van der Waals surface area contributed by atoms with Crippen molar-refractivity contribution in [3.05, 3.63) is 83.9 Å². The summed E-state index contributed by atoms with van der Waals surface area (Å²) in [6.07, 6.45) is 4.06. The summed E-state index contributed by atoms with van der Waals surface area (Å²) in [5.41, 5.74) is 2.26. The van der Waals surface area contributed by atoms with Crippen LogP contribution in [0.5, 0.6) is 0 Å². The standard InChI is InChI=1S/C21H24O3/c22-21-19(16-23-14-17-8-3-1-4-9-17)12-7-13-20(21)24-15-18-10-5-2-6-11-18/h1-11,13,19-22H,12,14-16H2/t19-,20-,21-/m1/s1. The largest absolute Gasteiger partial charge is 0.390 e. The van der Waals surface area contributed by atoms with Gasteiger partial charge in [-0.25, -0.2) is 0 Å². The SMILES string of the molecule is O[C@@H]1[C@@H](COCc2ccccc2)CC=C[C@H]1OCc1ccccc1. The minimum absolute atomic E-state index is 0.0690. The van der Waals surface area contributed by atoms with Crippen molar-refractivity contribution in [3.8, 4) is 0 Å². The lowest BCUT2D eigenvalue weighted by Crippen LogP contribution is -2.38. The number of rotatable bonds is 7. The van der Waals surface area contributed by atoms with Gasteiger partial charge in [0.05, 0.1) is 25.9 Å². The zero-order valence-corrected chi connectivity index (χ0v) is 13.8. The minimum atomic E-state index is -0.533. The molecule has 0 fully saturated rings. The number of hydrogen-bond donors (Lipinski definition) is 1. The van der Waals surface area contributed by atoms with E-state index in [0.29, 0.717) is 19.8 Å². The van der Waals surface area contributed by atoms with Crippen molar-refractivity contribution in [1.29, 1.82) is 0 Å². The van der Waals surface area contributed by atoms with Gasteiger partial charge in [-0.2, -0.15) is 0 Å². The molecule has 3 rings (SSSR count). The molecule has 126 valence electrons. The Bertz CT molecular complexity index is 624. The van der Waals surface area contributed by atoms with Crippen LogP contribution in [0.25, 0.3) is 0 Å². The Labute approximate surface area is 143 Å². The molecule has 0 saturated carbocycles. The van der Waals surface area contributed by atoms with Crippen LogP contribution in [-0.4, -0.2) is 23.9 Å². The summed E-state index contributed by atoms with van der Waals surface area (Å²) in [6, 6.07) is 20.1. The topological polar surface area (TPSA) is 38.7 Å². The van der Waals surface area contributed by atoms with Gasteiger partial charge >= 0.3 is 0 Å². The fourth-order valence-electron chi connectivity index (χ4n) is 2.90. The van der Waals surface area contributed by atoms with E-state index in [4.69, 9.17) is 9.47 Å². The summed E-state index contributed by atoms with van der Waals surface area (Å²) in [7, 11) is 0. The number of aliphatic hydroxyl groups excluding tert-OH is 1. The van der Waals surface area contributed by atoms with E-state index < -0.39 is 6.10 Å². The van der Waals surface area contributed by atoms with Crippen LogP contribution in [0, 0.1) is 5.92 Å². The van der Waals surface area contributed by atoms with Gasteiger partial charge in [-0.15, -0.1) is 0 Å². The molecule has 0 aromatic heterocycles. The van der Waals surface area contributed by atoms with E-state index in [1.54, 1.807) is 0 Å². The van der Waals surface area contributed by atoms with Gasteiger partial charge in [0.1, 0.15) is 6.10 Å². The molecule has 0 bridgehead atoms. The highest BCUT2D eigenvalue weighted by Crippen LogP contribution is 2.23. The van der Waals surface area contributed by atoms with E-state index in [9.17, 15) is 5.11 Å². The molecule has 24 heavy (non-hydrogen) atoms. The summed E-state index contributed by atoms with van der Waals surface area (Å²) in [6.45, 7) is 1.61. The van der Waals surface area contributed by atoms with Gasteiger partial charge in [-0.1, -0.05) is 72.8 Å². The van der Waals surface area contributed by atoms with Crippen LogP contribution in [0.4, 0.5) is 0 Å². The first-order chi connectivity index (χ1) is 11.8. The molecule has 3 nitrogen and oxygen atoms in total. The van der Waals surface area contributed by atoms with Crippen molar-refractivity contribution in [1.82, 2.24) is 0 Å². The molecule has 3 atom stereocenters. The van der Waals surface area contributed by atoms with Gasteiger partial charge in [0, 0.05) is 5.92 Å². The first-order valence-corrected chi connectivity index (χ1v) is 8.45. The predicted octanol–water partition coefficient (Wildman–Crippen LogP) is 3.73. The second-order valence-electron chi connectivity index (χ2n) is 6.18. The highest BCUT2D eigenvalue weighted by Gasteiger charge is 2.29. The van der Waals surface area contributed by atoms with Crippen LogP contribution in [0.2, 0.25) is 0 Å². The molecule has 0 aliphatic heterocycles. The molecule has 1 aliphatic rings. The highest BCUT2D eigenvalue weighted by atomic mass is 16.5. The molecule has 0 spiro atoms. The summed E-state index contributed by atoms with van der Waals surface area (Å²) in [5.74, 6) is 0.0690. The van der Waals surface area contributed by atoms with Crippen LogP contribution in [0.15, 0.2) is 72.8 Å². The normalized spacial score (nSPS) is 23.3. The number of benzene rings is 2. The Morgan fingerprint density at radius 1 is 0.875 bits per heavy atom. The maximum atomic E-state index is 10.5. The van der Waals surface area contributed by atoms with Gasteiger partial charge in [-0.05, 0) is 17.5 Å². The van der Waals surface area contributed by atoms with Gasteiger partial charge in [0.15, 0.2) is 0 Å². The number of aliphatic hydroxyl groups is 1. The van der Waals surface area contributed by atoms with Crippen LogP contribution in [0.3, 0.4) is 0 Å². The molecule has 0 unspecified atom stereocenters. The molecule has 0 heterocycles. The molecule has 2 aromatic carbocycles. The van der Waals surface area contributed by atoms with Crippen molar-refractivity contribution in [3.63, 3.8) is 0 Å². The molecule has 2 aromatic rings. The lowest BCUT2D eigenvalue weighted by molar-refractivity contribution is -0.0690. The molecular formula is C21H24O3. The van der Waals surface area contributed by atoms with Crippen molar-refractivity contribution in [2.24, 2.45) is 5.92 Å². The quantitative estimate of drug-likeness (QED) is 0.789. The fraction of sp³-hybridized carbons (Fsp3) is 0.333. The van der Waals surface area contributed by atoms with Gasteiger partial charge in [0.25, 0.3) is 0 Å². The van der Waals surface area contributed by atoms with Crippen molar-refractivity contribution in [2.75, 3.05) is 6.61 Å². The minimum Gasteiger partial charge on any atom is -0.390 e. The number of allylic oxidation sites excluding steroid dienone is 1. The summed E-state index contributed by atoms with van der Waals surface area (Å²) >= 11 is 0. The van der Waals surface area contributed by atoms with Crippen LogP contribution < -0.4 is 0 Å². The first kappa shape index (κ1) is 16.9. The third-order valence-corrected chi connectivity index (χ3v) is 4.31. The van der Waals surface area contributed by atoms with Crippen molar-refractivity contribution < 1.29 is 14.6 Å². The van der Waals surface area contributed by atoms with E-state index >= 15 is 0 Å². The maximum absolute atomic E-state index is 10.5. The summed E-state index contributed by atoms with van der Waals surface area (Å²) in [4.78, 5) is 0. The zero-order chi connectivity index (χ0) is 16.6. The second-order valence-corrected chi connectivity index (χ2v) is 6.18. The summed E-state index contributed by atoms with van der Waals surface area (Å²) < 4.78 is 11.7. The van der Waals surface area contributed by atoms with E-state index in [0.717, 1.165) is 17.5 Å². The Kier molecular flexibility index (Phi) is 6.19. The van der Waals surface area contributed by atoms with Gasteiger partial charge in [-0.3, -0.25) is 0 Å². The monoisotopic (exact) mass is 324 g/mol. The molecule has 0 radical (unpaired) electrons. The summed E-state index contributed by atoms with van der Waals surface area (Å²) in [5, 5.41) is 10.5. The van der Waals surface area contributed by atoms with E-state index in [1.807, 2.05) is 66.7 Å². The third-order valence-electron chi connectivity index (χ3n) is 4.31. The van der Waals surface area contributed by atoms with Crippen LogP contribution >= 0.6 is 0 Å². The Hall–Kier alpha value is -1.94. The maximum Gasteiger partial charge on any atom is 0.102 e. The van der Waals surface area contributed by atoms with Crippen molar-refractivity contribution in [2.45, 2.75) is 31.8 Å². The zero-order valence-electron chi connectivity index (χ0n) is 13.8. The molecule has 3 heteroatoms. The van der Waals surface area contributed by atoms with E-state index in [1.165, 1.54) is 0 Å². The lowest BCUT2D eigenvalue weighted by Gasteiger charge is -2.31. The first-order valence-electron chi connectivity index (χ1n) is 8.45. The van der Waals surface area contributed by atoms with Crippen molar-refractivity contribution >= 4 is 0 Å². The Morgan fingerprint density at radius 2 is 1.50 bits per heavy atom. The van der Waals surface area contributed by atoms with Gasteiger partial charge < -0.3 is 14.6 Å². The number of ether oxygens (including phenoxy) is 2. The average molecular weight is 324 g/mol. The van der Waals surface area contributed by atoms with E-state index in [2.05, 4.69) is 6.08 Å². The lowest BCUT2D eigenvalue weighted by atomic mass is 9.90. The molecule has 1 N–H and O–H groups in total. The van der Waals surface area contributed by atoms with Crippen LogP contribution in [0.1, 0.15) is 17.5 Å². The number of hydrogen-bond acceptors (Lipinski definition) is 3. The van der Waals surface area contributed by atoms with Crippen LogP contribution in [-0.2, 0) is 22.7 Å². The Balaban J connectivity index is 1.46. The van der Waals surface area contributed by atoms with Gasteiger partial charge in [0.2, 0.25) is 0 Å². The third kappa shape index (κ3) is 4.78. The Morgan fingerprint density at radius 3 is 2.17 bits per heavy atom. The molecule has 0 saturated heterocycles. The molecular weight excluding hydrogens is 300 g/mol. The highest BCUT2D eigenvalue weighted by molar-refractivity contribution is 5.14. The molecule has 0 amide bonds.